The molecule has 2 aromatic rings. The summed E-state index contributed by atoms with van der Waals surface area (Å²) in [4.78, 5) is 0. The molecular weight excluding hydrogens is 265 g/mol. The van der Waals surface area contributed by atoms with E-state index in [1.54, 1.807) is 12.1 Å². The topological polar surface area (TPSA) is 32.3 Å². The Morgan fingerprint density at radius 2 is 1.52 bits per heavy atom. The summed E-state index contributed by atoms with van der Waals surface area (Å²) in [5.74, 6) is 0.0646. The monoisotopic (exact) mass is 287 g/mol. The van der Waals surface area contributed by atoms with Crippen molar-refractivity contribution in [2.24, 2.45) is 5.92 Å². The van der Waals surface area contributed by atoms with Crippen molar-refractivity contribution in [2.45, 2.75) is 25.9 Å². The highest BCUT2D eigenvalue weighted by Gasteiger charge is 2.20. The van der Waals surface area contributed by atoms with Crippen molar-refractivity contribution >= 4 is 0 Å². The molecule has 1 unspecified atom stereocenters. The molecule has 2 aromatic carbocycles. The molecule has 0 spiro atoms. The standard InChI is InChI=1S/C18H22FNO/c1-13(2)17(12-21)20-18(14-6-4-3-5-7-14)15-8-10-16(19)11-9-15/h3-11,13,17-18,20-21H,12H2,1-2H3/t17-,18?/m1/s1. The fourth-order valence-corrected chi connectivity index (χ4v) is 2.36. The van der Waals surface area contributed by atoms with Crippen LogP contribution in [0.3, 0.4) is 0 Å². The van der Waals surface area contributed by atoms with E-state index in [0.29, 0.717) is 5.92 Å². The van der Waals surface area contributed by atoms with E-state index in [4.69, 9.17) is 0 Å². The van der Waals surface area contributed by atoms with Crippen LogP contribution < -0.4 is 5.32 Å². The van der Waals surface area contributed by atoms with E-state index in [-0.39, 0.29) is 24.5 Å². The molecule has 3 heteroatoms. The molecule has 2 nitrogen and oxygen atoms in total. The molecule has 0 saturated heterocycles. The second-order valence-corrected chi connectivity index (χ2v) is 5.59. The fraction of sp³-hybridized carbons (Fsp3) is 0.333. The molecule has 0 saturated carbocycles. The minimum absolute atomic E-state index is 0.0136. The molecule has 0 aliphatic heterocycles. The summed E-state index contributed by atoms with van der Waals surface area (Å²) in [6.45, 7) is 4.21. The first kappa shape index (κ1) is 15.7. The van der Waals surface area contributed by atoms with Gasteiger partial charge in [-0.05, 0) is 29.2 Å². The van der Waals surface area contributed by atoms with Crippen molar-refractivity contribution in [1.29, 1.82) is 0 Å². The zero-order chi connectivity index (χ0) is 15.2. The predicted molar refractivity (Wildman–Crippen MR) is 83.5 cm³/mol. The molecule has 0 fully saturated rings. The molecule has 112 valence electrons. The van der Waals surface area contributed by atoms with Crippen LogP contribution in [-0.2, 0) is 0 Å². The second kappa shape index (κ2) is 7.34. The van der Waals surface area contributed by atoms with Crippen molar-refractivity contribution in [2.75, 3.05) is 6.61 Å². The average Bonchev–Trinajstić information content (AvgIpc) is 2.50. The van der Waals surface area contributed by atoms with Gasteiger partial charge in [-0.25, -0.2) is 4.39 Å². The van der Waals surface area contributed by atoms with Crippen LogP contribution in [0.15, 0.2) is 54.6 Å². The van der Waals surface area contributed by atoms with Crippen LogP contribution in [0.25, 0.3) is 0 Å². The minimum atomic E-state index is -0.242. The zero-order valence-corrected chi connectivity index (χ0v) is 12.5. The van der Waals surface area contributed by atoms with Gasteiger partial charge in [-0.3, -0.25) is 0 Å². The van der Waals surface area contributed by atoms with Gasteiger partial charge >= 0.3 is 0 Å². The number of rotatable bonds is 6. The van der Waals surface area contributed by atoms with E-state index in [0.717, 1.165) is 11.1 Å². The molecule has 2 rings (SSSR count). The SMILES string of the molecule is CC(C)[C@@H](CO)NC(c1ccccc1)c1ccc(F)cc1. The van der Waals surface area contributed by atoms with Gasteiger partial charge in [-0.15, -0.1) is 0 Å². The highest BCUT2D eigenvalue weighted by atomic mass is 19.1. The number of benzene rings is 2. The molecule has 0 heterocycles. The Kier molecular flexibility index (Phi) is 5.48. The number of aliphatic hydroxyl groups excluding tert-OH is 1. The highest BCUT2D eigenvalue weighted by molar-refractivity contribution is 5.32. The second-order valence-electron chi connectivity index (χ2n) is 5.59. The van der Waals surface area contributed by atoms with Gasteiger partial charge in [-0.2, -0.15) is 0 Å². The van der Waals surface area contributed by atoms with E-state index in [2.05, 4.69) is 19.2 Å². The third-order valence-corrected chi connectivity index (χ3v) is 3.72. The van der Waals surface area contributed by atoms with E-state index in [1.165, 1.54) is 12.1 Å². The van der Waals surface area contributed by atoms with E-state index < -0.39 is 0 Å². The summed E-state index contributed by atoms with van der Waals surface area (Å²) >= 11 is 0. The van der Waals surface area contributed by atoms with Crippen molar-refractivity contribution in [3.05, 3.63) is 71.5 Å². The summed E-state index contributed by atoms with van der Waals surface area (Å²) in [7, 11) is 0. The quantitative estimate of drug-likeness (QED) is 0.852. The van der Waals surface area contributed by atoms with E-state index in [9.17, 15) is 9.50 Å². The van der Waals surface area contributed by atoms with Crippen LogP contribution in [-0.4, -0.2) is 17.8 Å². The summed E-state index contributed by atoms with van der Waals surface area (Å²) in [5, 5.41) is 13.0. The maximum Gasteiger partial charge on any atom is 0.123 e. The summed E-state index contributed by atoms with van der Waals surface area (Å²) in [6.07, 6.45) is 0. The lowest BCUT2D eigenvalue weighted by atomic mass is 9.95. The van der Waals surface area contributed by atoms with Crippen LogP contribution in [0.5, 0.6) is 0 Å². The Morgan fingerprint density at radius 1 is 0.952 bits per heavy atom. The summed E-state index contributed by atoms with van der Waals surface area (Å²) in [5.41, 5.74) is 2.09. The fourth-order valence-electron chi connectivity index (χ4n) is 2.36. The molecule has 0 aromatic heterocycles. The first-order valence-electron chi connectivity index (χ1n) is 7.29. The Hall–Kier alpha value is -1.71. The maximum atomic E-state index is 13.1. The average molecular weight is 287 g/mol. The first-order valence-corrected chi connectivity index (χ1v) is 7.29. The van der Waals surface area contributed by atoms with Crippen LogP contribution in [0, 0.1) is 11.7 Å². The van der Waals surface area contributed by atoms with Crippen LogP contribution >= 0.6 is 0 Å². The zero-order valence-electron chi connectivity index (χ0n) is 12.5. The lowest BCUT2D eigenvalue weighted by molar-refractivity contribution is 0.204. The molecule has 0 aliphatic carbocycles. The highest BCUT2D eigenvalue weighted by Crippen LogP contribution is 2.24. The van der Waals surface area contributed by atoms with Crippen LogP contribution in [0.1, 0.15) is 31.0 Å². The number of nitrogens with one attached hydrogen (secondary N) is 1. The Labute approximate surface area is 125 Å². The first-order chi connectivity index (χ1) is 10.1. The van der Waals surface area contributed by atoms with E-state index >= 15 is 0 Å². The smallest absolute Gasteiger partial charge is 0.123 e. The van der Waals surface area contributed by atoms with Gasteiger partial charge in [0.2, 0.25) is 0 Å². The predicted octanol–water partition coefficient (Wildman–Crippen LogP) is 3.52. The maximum absolute atomic E-state index is 13.1. The molecule has 0 aliphatic rings. The van der Waals surface area contributed by atoms with Crippen molar-refractivity contribution in [3.8, 4) is 0 Å². The third-order valence-electron chi connectivity index (χ3n) is 3.72. The van der Waals surface area contributed by atoms with Crippen molar-refractivity contribution in [3.63, 3.8) is 0 Å². The van der Waals surface area contributed by atoms with Gasteiger partial charge in [0, 0.05) is 6.04 Å². The van der Waals surface area contributed by atoms with Crippen LogP contribution in [0.4, 0.5) is 4.39 Å². The molecule has 0 amide bonds. The minimum Gasteiger partial charge on any atom is -0.395 e. The number of hydrogen-bond donors (Lipinski definition) is 2. The van der Waals surface area contributed by atoms with Gasteiger partial charge in [0.25, 0.3) is 0 Å². The van der Waals surface area contributed by atoms with Crippen LogP contribution in [0.2, 0.25) is 0 Å². The lowest BCUT2D eigenvalue weighted by Gasteiger charge is -2.28. The third kappa shape index (κ3) is 4.13. The summed E-state index contributed by atoms with van der Waals surface area (Å²) in [6, 6.07) is 16.4. The molecular formula is C18H22FNO. The van der Waals surface area contributed by atoms with Gasteiger partial charge in [0.15, 0.2) is 0 Å². The lowest BCUT2D eigenvalue weighted by Crippen LogP contribution is -2.40. The number of aliphatic hydroxyl groups is 1. The molecule has 2 N–H and O–H groups in total. The van der Waals surface area contributed by atoms with Gasteiger partial charge < -0.3 is 10.4 Å². The molecule has 21 heavy (non-hydrogen) atoms. The van der Waals surface area contributed by atoms with Gasteiger partial charge in [0.1, 0.15) is 5.82 Å². The van der Waals surface area contributed by atoms with E-state index in [1.807, 2.05) is 30.3 Å². The Bertz CT molecular complexity index is 539. The Morgan fingerprint density at radius 3 is 2.05 bits per heavy atom. The normalized spacial score (nSPS) is 14.1. The molecule has 2 atom stereocenters. The van der Waals surface area contributed by atoms with Crippen molar-refractivity contribution < 1.29 is 9.50 Å². The number of hydrogen-bond acceptors (Lipinski definition) is 2. The largest absolute Gasteiger partial charge is 0.395 e. The Balaban J connectivity index is 2.33. The summed E-state index contributed by atoms with van der Waals surface area (Å²) < 4.78 is 13.1. The molecule has 0 radical (unpaired) electrons. The van der Waals surface area contributed by atoms with Gasteiger partial charge in [0.05, 0.1) is 12.6 Å². The van der Waals surface area contributed by atoms with Crippen molar-refractivity contribution in [1.82, 2.24) is 5.32 Å². The van der Waals surface area contributed by atoms with Gasteiger partial charge in [-0.1, -0.05) is 56.3 Å². The molecule has 0 bridgehead atoms. The number of halogens is 1.